The zero-order chi connectivity index (χ0) is 28.6. The summed E-state index contributed by atoms with van der Waals surface area (Å²) in [6, 6.07) is 0.899. The summed E-state index contributed by atoms with van der Waals surface area (Å²) in [6.07, 6.45) is 4.71. The molecule has 0 aromatic carbocycles. The molecule has 5 atom stereocenters. The van der Waals surface area contributed by atoms with Gasteiger partial charge in [-0.05, 0) is 75.8 Å². The van der Waals surface area contributed by atoms with Gasteiger partial charge in [-0.2, -0.15) is 5.10 Å². The molecule has 12 heteroatoms. The van der Waals surface area contributed by atoms with Crippen LogP contribution in [0.25, 0.3) is 5.65 Å². The van der Waals surface area contributed by atoms with Crippen LogP contribution in [0.3, 0.4) is 0 Å². The van der Waals surface area contributed by atoms with Gasteiger partial charge in [-0.3, -0.25) is 4.79 Å². The highest BCUT2D eigenvalue weighted by molar-refractivity contribution is 5.77. The number of hydrogen-bond donors (Lipinski definition) is 2. The van der Waals surface area contributed by atoms with Crippen molar-refractivity contribution in [3.05, 3.63) is 29.7 Å². The number of carbonyl (C=O) groups is 2. The Labute approximate surface area is 229 Å². The van der Waals surface area contributed by atoms with E-state index in [9.17, 15) is 27.2 Å². The lowest BCUT2D eigenvalue weighted by Gasteiger charge is -2.34. The first-order chi connectivity index (χ1) is 18.7. The van der Waals surface area contributed by atoms with Crippen LogP contribution in [0.5, 0.6) is 0 Å². The minimum absolute atomic E-state index is 0.0719. The molecule has 0 unspecified atom stereocenters. The van der Waals surface area contributed by atoms with Crippen molar-refractivity contribution in [1.82, 2.24) is 25.2 Å². The summed E-state index contributed by atoms with van der Waals surface area (Å²) in [5.41, 5.74) is 1.03. The Morgan fingerprint density at radius 3 is 2.35 bits per heavy atom. The predicted octanol–water partition coefficient (Wildman–Crippen LogP) is 5.59. The number of imidazole rings is 1. The third kappa shape index (κ3) is 5.50. The second kappa shape index (κ2) is 9.30. The van der Waals surface area contributed by atoms with Gasteiger partial charge in [0.15, 0.2) is 5.65 Å². The van der Waals surface area contributed by atoms with E-state index in [1.54, 1.807) is 37.7 Å². The number of aromatic nitrogens is 3. The average Bonchev–Trinajstić information content (AvgIpc) is 3.58. The molecule has 0 bridgehead atoms. The maximum Gasteiger partial charge on any atom is 0.408 e. The second-order valence-corrected chi connectivity index (χ2v) is 13.2. The second-order valence-electron chi connectivity index (χ2n) is 13.2. The van der Waals surface area contributed by atoms with Crippen LogP contribution in [0.4, 0.5) is 22.4 Å². The number of amides is 2. The highest BCUT2D eigenvalue weighted by atomic mass is 19.3. The highest BCUT2D eigenvalue weighted by Crippen LogP contribution is 2.67. The van der Waals surface area contributed by atoms with E-state index < -0.39 is 41.4 Å². The summed E-state index contributed by atoms with van der Waals surface area (Å²) < 4.78 is 61.3. The third-order valence-electron chi connectivity index (χ3n) is 8.72. The van der Waals surface area contributed by atoms with Crippen LogP contribution in [-0.2, 0) is 9.53 Å². The fourth-order valence-corrected chi connectivity index (χ4v) is 6.55. The van der Waals surface area contributed by atoms with E-state index in [0.717, 1.165) is 18.4 Å². The van der Waals surface area contributed by atoms with Crippen LogP contribution >= 0.6 is 0 Å². The number of hydrogen-bond acceptors (Lipinski definition) is 5. The van der Waals surface area contributed by atoms with Crippen LogP contribution in [0.2, 0.25) is 0 Å². The van der Waals surface area contributed by atoms with Gasteiger partial charge in [-0.25, -0.2) is 31.9 Å². The molecular weight excluding hydrogens is 530 g/mol. The predicted molar refractivity (Wildman–Crippen MR) is 136 cm³/mol. The van der Waals surface area contributed by atoms with Gasteiger partial charge in [-0.1, -0.05) is 0 Å². The molecule has 0 radical (unpaired) electrons. The maximum atomic E-state index is 13.9. The number of alkyl halides is 4. The molecule has 0 spiro atoms. The molecule has 4 saturated carbocycles. The molecule has 0 saturated heterocycles. The van der Waals surface area contributed by atoms with Crippen LogP contribution in [0.15, 0.2) is 18.5 Å². The van der Waals surface area contributed by atoms with Crippen LogP contribution < -0.4 is 10.6 Å². The third-order valence-corrected chi connectivity index (χ3v) is 8.72. The van der Waals surface area contributed by atoms with Crippen molar-refractivity contribution in [3.8, 4) is 0 Å². The number of alkyl carbamates (subject to hydrolysis) is 1. The van der Waals surface area contributed by atoms with Crippen LogP contribution in [0, 0.1) is 29.6 Å². The molecule has 6 rings (SSSR count). The number of fused-ring (bicyclic) bond motifs is 2. The first-order valence-corrected chi connectivity index (χ1v) is 14.1. The molecular formula is C28H35F4N5O3. The van der Waals surface area contributed by atoms with E-state index in [4.69, 9.17) is 9.72 Å². The molecule has 2 heterocycles. The average molecular weight is 566 g/mol. The van der Waals surface area contributed by atoms with Gasteiger partial charge < -0.3 is 15.4 Å². The first-order valence-electron chi connectivity index (χ1n) is 14.1. The molecule has 4 aliphatic rings. The van der Waals surface area contributed by atoms with Crippen molar-refractivity contribution in [2.45, 2.75) is 95.2 Å². The van der Waals surface area contributed by atoms with Gasteiger partial charge in [0, 0.05) is 31.1 Å². The van der Waals surface area contributed by atoms with E-state index in [2.05, 4.69) is 15.7 Å². The minimum atomic E-state index is -2.66. The van der Waals surface area contributed by atoms with Crippen molar-refractivity contribution in [1.29, 1.82) is 0 Å². The topological polar surface area (TPSA) is 97.6 Å². The smallest absolute Gasteiger partial charge is 0.408 e. The Morgan fingerprint density at radius 2 is 1.75 bits per heavy atom. The largest absolute Gasteiger partial charge is 0.444 e. The van der Waals surface area contributed by atoms with E-state index in [0.29, 0.717) is 11.3 Å². The van der Waals surface area contributed by atoms with Crippen molar-refractivity contribution in [2.75, 3.05) is 0 Å². The standard InChI is InChI=1S/C28H35F4N5O3/c1-26(2,3)40-25(39)36-24(16-7-18-19(8-16)28(18,31)32)20-13-37-21(34-20)9-17(12-33-37)23(15-4-5-15)35-22(38)6-14-10-27(29,30)11-14/h9,12-16,18-19,23-24H,4-8,10-11H2,1-3H3,(H,35,38)(H,36,39)/t16-,18-,19+,23-,24+/m1/s1. The lowest BCUT2D eigenvalue weighted by molar-refractivity contribution is -0.134. The van der Waals surface area contributed by atoms with Crippen molar-refractivity contribution in [2.24, 2.45) is 29.6 Å². The molecule has 2 N–H and O–H groups in total. The molecule has 4 fully saturated rings. The van der Waals surface area contributed by atoms with Gasteiger partial charge in [-0.15, -0.1) is 0 Å². The van der Waals surface area contributed by atoms with E-state index >= 15 is 0 Å². The number of rotatable bonds is 8. The van der Waals surface area contributed by atoms with Crippen LogP contribution in [0.1, 0.15) is 89.1 Å². The van der Waals surface area contributed by atoms with Gasteiger partial charge in [0.25, 0.3) is 5.92 Å². The number of nitrogens with zero attached hydrogens (tertiary/aromatic N) is 3. The summed E-state index contributed by atoms with van der Waals surface area (Å²) in [6.45, 7) is 5.25. The minimum Gasteiger partial charge on any atom is -0.444 e. The number of carbonyl (C=O) groups excluding carboxylic acids is 2. The van der Waals surface area contributed by atoms with Crippen LogP contribution in [-0.4, -0.2) is 44.0 Å². The van der Waals surface area contributed by atoms with Gasteiger partial charge in [0.1, 0.15) is 5.60 Å². The lowest BCUT2D eigenvalue weighted by Crippen LogP contribution is -2.39. The quantitative estimate of drug-likeness (QED) is 0.407. The number of halogens is 4. The summed E-state index contributed by atoms with van der Waals surface area (Å²) >= 11 is 0. The van der Waals surface area contributed by atoms with E-state index in [1.165, 1.54) is 0 Å². The van der Waals surface area contributed by atoms with Crippen molar-refractivity contribution >= 4 is 17.6 Å². The molecule has 8 nitrogen and oxygen atoms in total. The Bertz CT molecular complexity index is 1300. The lowest BCUT2D eigenvalue weighted by atomic mass is 9.79. The molecule has 2 amide bonds. The Hall–Kier alpha value is -2.92. The van der Waals surface area contributed by atoms with Gasteiger partial charge in [0.05, 0.1) is 30.2 Å². The van der Waals surface area contributed by atoms with Gasteiger partial charge >= 0.3 is 6.09 Å². The normalized spacial score (nSPS) is 28.3. The number of ether oxygens (including phenoxy) is 1. The molecule has 2 aromatic heterocycles. The Kier molecular flexibility index (Phi) is 6.34. The fraction of sp³-hybridized carbons (Fsp3) is 0.714. The molecule has 0 aliphatic heterocycles. The molecule has 218 valence electrons. The highest BCUT2D eigenvalue weighted by Gasteiger charge is 2.72. The summed E-state index contributed by atoms with van der Waals surface area (Å²) in [5, 5.41) is 10.4. The molecule has 2 aromatic rings. The SMILES string of the molecule is CC(C)(C)OC(=O)N[C@H](c1cn2ncc([C@H](NC(=O)CC3CC(F)(F)C3)C3CC3)cc2n1)[C@@H]1C[C@@H]2[C@H](C1)C2(F)F. The fourth-order valence-electron chi connectivity index (χ4n) is 6.55. The van der Waals surface area contributed by atoms with E-state index in [-0.39, 0.29) is 61.8 Å². The Morgan fingerprint density at radius 1 is 1.07 bits per heavy atom. The number of nitrogens with one attached hydrogen (secondary N) is 2. The van der Waals surface area contributed by atoms with Crippen molar-refractivity contribution in [3.63, 3.8) is 0 Å². The summed E-state index contributed by atoms with van der Waals surface area (Å²) in [4.78, 5) is 30.1. The van der Waals surface area contributed by atoms with Crippen molar-refractivity contribution < 1.29 is 31.9 Å². The zero-order valence-electron chi connectivity index (χ0n) is 22.8. The molecule has 4 aliphatic carbocycles. The van der Waals surface area contributed by atoms with Gasteiger partial charge in [0.2, 0.25) is 11.8 Å². The molecule has 40 heavy (non-hydrogen) atoms. The summed E-state index contributed by atoms with van der Waals surface area (Å²) in [5.74, 6) is -7.18. The summed E-state index contributed by atoms with van der Waals surface area (Å²) in [7, 11) is 0. The monoisotopic (exact) mass is 565 g/mol. The Balaban J connectivity index is 1.20. The van der Waals surface area contributed by atoms with E-state index in [1.807, 2.05) is 6.07 Å². The zero-order valence-corrected chi connectivity index (χ0v) is 22.8. The maximum absolute atomic E-state index is 13.9. The first kappa shape index (κ1) is 27.3.